The maximum atomic E-state index is 4.77. The molecule has 0 aliphatic carbocycles. The van der Waals surface area contributed by atoms with Crippen molar-refractivity contribution in [3.05, 3.63) is 59.4 Å². The van der Waals surface area contributed by atoms with Crippen LogP contribution in [0.5, 0.6) is 0 Å². The second-order valence-electron chi connectivity index (χ2n) is 6.40. The highest BCUT2D eigenvalue weighted by Crippen LogP contribution is 2.24. The molecule has 8 nitrogen and oxygen atoms in total. The minimum absolute atomic E-state index is 0. The van der Waals surface area contributed by atoms with Gasteiger partial charge in [0.15, 0.2) is 5.82 Å². The van der Waals surface area contributed by atoms with Crippen LogP contribution in [0.4, 0.5) is 5.82 Å². The van der Waals surface area contributed by atoms with E-state index in [0.29, 0.717) is 12.4 Å². The third-order valence-corrected chi connectivity index (χ3v) is 4.61. The molecule has 0 bridgehead atoms. The molecular weight excluding hydrogens is 378 g/mol. The zero-order chi connectivity index (χ0) is 18.1. The summed E-state index contributed by atoms with van der Waals surface area (Å²) in [6.45, 7) is 2.29. The lowest BCUT2D eigenvalue weighted by molar-refractivity contribution is 0.315. The Morgan fingerprint density at radius 3 is 2.89 bits per heavy atom. The van der Waals surface area contributed by atoms with Gasteiger partial charge in [0.1, 0.15) is 22.5 Å². The Morgan fingerprint density at radius 2 is 2.00 bits per heavy atom. The topological polar surface area (TPSA) is 102 Å². The van der Waals surface area contributed by atoms with Crippen LogP contribution in [-0.4, -0.2) is 31.8 Å². The summed E-state index contributed by atoms with van der Waals surface area (Å²) in [7, 11) is 0. The van der Waals surface area contributed by atoms with Gasteiger partial charge in [0.05, 0.1) is 5.69 Å². The van der Waals surface area contributed by atoms with E-state index in [1.165, 1.54) is 0 Å². The van der Waals surface area contributed by atoms with Gasteiger partial charge in [-0.1, -0.05) is 12.1 Å². The summed E-state index contributed by atoms with van der Waals surface area (Å²) >= 11 is 0. The molecule has 5 rings (SSSR count). The second-order valence-corrected chi connectivity index (χ2v) is 6.40. The monoisotopic (exact) mass is 395 g/mol. The van der Waals surface area contributed by atoms with Crippen molar-refractivity contribution in [2.45, 2.75) is 19.5 Å². The van der Waals surface area contributed by atoms with Crippen molar-refractivity contribution in [2.75, 3.05) is 11.9 Å². The van der Waals surface area contributed by atoms with Gasteiger partial charge in [0, 0.05) is 24.8 Å². The number of rotatable bonds is 4. The molecule has 28 heavy (non-hydrogen) atoms. The van der Waals surface area contributed by atoms with Crippen LogP contribution in [0.15, 0.2) is 47.2 Å². The minimum Gasteiger partial charge on any atom is -0.366 e. The number of hydrogen-bond donors (Lipinski definition) is 2. The van der Waals surface area contributed by atoms with E-state index < -0.39 is 0 Å². The molecule has 0 amide bonds. The normalized spacial score (nSPS) is 13.0. The van der Waals surface area contributed by atoms with E-state index in [0.717, 1.165) is 58.9 Å². The molecular formula is C19H18ClN7O. The van der Waals surface area contributed by atoms with Gasteiger partial charge in [-0.25, -0.2) is 14.6 Å². The Morgan fingerprint density at radius 1 is 1.07 bits per heavy atom. The molecule has 0 unspecified atom stereocenters. The molecule has 1 aliphatic rings. The van der Waals surface area contributed by atoms with E-state index in [2.05, 4.69) is 25.9 Å². The SMILES string of the molecule is Cl.c1ccc(-c2nc3c(c(NCc4ccc5nonc5c4)n2)CCNC3)nc1. The zero-order valence-electron chi connectivity index (χ0n) is 14.9. The smallest absolute Gasteiger partial charge is 0.180 e. The molecule has 0 spiro atoms. The summed E-state index contributed by atoms with van der Waals surface area (Å²) in [5.74, 6) is 1.50. The molecule has 0 atom stereocenters. The number of benzene rings is 1. The minimum atomic E-state index is 0. The zero-order valence-corrected chi connectivity index (χ0v) is 15.7. The van der Waals surface area contributed by atoms with Crippen molar-refractivity contribution < 1.29 is 4.63 Å². The summed E-state index contributed by atoms with van der Waals surface area (Å²) in [6, 6.07) is 11.6. The Hall–Kier alpha value is -3.10. The predicted molar refractivity (Wildman–Crippen MR) is 107 cm³/mol. The lowest BCUT2D eigenvalue weighted by atomic mass is 10.1. The van der Waals surface area contributed by atoms with Crippen molar-refractivity contribution in [1.29, 1.82) is 0 Å². The quantitative estimate of drug-likeness (QED) is 0.544. The number of nitrogens with zero attached hydrogens (tertiary/aromatic N) is 5. The van der Waals surface area contributed by atoms with Gasteiger partial charge >= 0.3 is 0 Å². The molecule has 0 fully saturated rings. The third-order valence-electron chi connectivity index (χ3n) is 4.61. The fourth-order valence-electron chi connectivity index (χ4n) is 3.24. The van der Waals surface area contributed by atoms with Gasteiger partial charge in [-0.3, -0.25) is 4.98 Å². The molecule has 142 valence electrons. The Labute approximate surface area is 167 Å². The van der Waals surface area contributed by atoms with Crippen LogP contribution in [0.1, 0.15) is 16.8 Å². The standard InChI is InChI=1S/C19H17N7O.ClH/c1-2-7-21-15(3-1)19-23-17-11-20-8-6-13(17)18(24-19)22-10-12-4-5-14-16(9-12)26-27-25-14;/h1-5,7,9,20H,6,8,10-11H2,(H,22,23,24);1H. The largest absolute Gasteiger partial charge is 0.366 e. The third kappa shape index (κ3) is 3.51. The summed E-state index contributed by atoms with van der Waals surface area (Å²) in [6.07, 6.45) is 2.65. The van der Waals surface area contributed by atoms with Gasteiger partial charge < -0.3 is 10.6 Å². The lowest BCUT2D eigenvalue weighted by Gasteiger charge is -2.20. The second kappa shape index (κ2) is 7.87. The number of fused-ring (bicyclic) bond motifs is 2. The number of anilines is 1. The van der Waals surface area contributed by atoms with Gasteiger partial charge in [-0.15, -0.1) is 12.4 Å². The highest BCUT2D eigenvalue weighted by atomic mass is 35.5. The van der Waals surface area contributed by atoms with Crippen LogP contribution in [-0.2, 0) is 19.5 Å². The van der Waals surface area contributed by atoms with Crippen molar-refractivity contribution >= 4 is 29.3 Å². The first-order chi connectivity index (χ1) is 13.4. The van der Waals surface area contributed by atoms with Crippen LogP contribution in [0.25, 0.3) is 22.6 Å². The Kier molecular flexibility index (Phi) is 5.14. The molecule has 1 aromatic carbocycles. The Balaban J connectivity index is 0.00000192. The number of pyridine rings is 1. The summed E-state index contributed by atoms with van der Waals surface area (Å²) in [5, 5.41) is 14.6. The summed E-state index contributed by atoms with van der Waals surface area (Å²) in [5.41, 5.74) is 5.54. The van der Waals surface area contributed by atoms with Crippen molar-refractivity contribution in [1.82, 2.24) is 30.6 Å². The number of nitrogens with one attached hydrogen (secondary N) is 2. The van der Waals surface area contributed by atoms with Gasteiger partial charge in [0.2, 0.25) is 0 Å². The lowest BCUT2D eigenvalue weighted by Crippen LogP contribution is -2.26. The van der Waals surface area contributed by atoms with E-state index >= 15 is 0 Å². The van der Waals surface area contributed by atoms with E-state index in [1.807, 2.05) is 36.4 Å². The van der Waals surface area contributed by atoms with E-state index in [-0.39, 0.29) is 12.4 Å². The van der Waals surface area contributed by atoms with Crippen molar-refractivity contribution in [2.24, 2.45) is 0 Å². The average molecular weight is 396 g/mol. The van der Waals surface area contributed by atoms with Crippen LogP contribution < -0.4 is 10.6 Å². The Bertz CT molecular complexity index is 1100. The number of halogens is 1. The van der Waals surface area contributed by atoms with Crippen LogP contribution >= 0.6 is 12.4 Å². The molecule has 0 saturated carbocycles. The van der Waals surface area contributed by atoms with Gasteiger partial charge in [0.25, 0.3) is 0 Å². The van der Waals surface area contributed by atoms with Crippen LogP contribution in [0.3, 0.4) is 0 Å². The van der Waals surface area contributed by atoms with Gasteiger partial charge in [-0.2, -0.15) is 0 Å². The van der Waals surface area contributed by atoms with Crippen molar-refractivity contribution in [3.63, 3.8) is 0 Å². The molecule has 9 heteroatoms. The molecule has 0 saturated heterocycles. The predicted octanol–water partition coefficient (Wildman–Crippen LogP) is 2.75. The highest BCUT2D eigenvalue weighted by molar-refractivity contribution is 5.85. The molecule has 0 radical (unpaired) electrons. The molecule has 3 aromatic heterocycles. The first-order valence-electron chi connectivity index (χ1n) is 8.84. The highest BCUT2D eigenvalue weighted by Gasteiger charge is 2.18. The van der Waals surface area contributed by atoms with E-state index in [1.54, 1.807) is 6.20 Å². The first kappa shape index (κ1) is 18.3. The maximum absolute atomic E-state index is 4.77. The fourth-order valence-corrected chi connectivity index (χ4v) is 3.24. The van der Waals surface area contributed by atoms with Crippen LogP contribution in [0.2, 0.25) is 0 Å². The number of aromatic nitrogens is 5. The molecule has 2 N–H and O–H groups in total. The van der Waals surface area contributed by atoms with Gasteiger partial charge in [-0.05, 0) is 53.1 Å². The van der Waals surface area contributed by atoms with E-state index in [4.69, 9.17) is 14.6 Å². The molecule has 4 heterocycles. The molecule has 4 aromatic rings. The summed E-state index contributed by atoms with van der Waals surface area (Å²) in [4.78, 5) is 13.9. The fraction of sp³-hybridized carbons (Fsp3) is 0.211. The molecule has 1 aliphatic heterocycles. The summed E-state index contributed by atoms with van der Waals surface area (Å²) < 4.78 is 4.77. The van der Waals surface area contributed by atoms with Crippen LogP contribution in [0, 0.1) is 0 Å². The average Bonchev–Trinajstić information content (AvgIpc) is 3.20. The van der Waals surface area contributed by atoms with E-state index in [9.17, 15) is 0 Å². The van der Waals surface area contributed by atoms with Crippen molar-refractivity contribution in [3.8, 4) is 11.5 Å². The maximum Gasteiger partial charge on any atom is 0.180 e. The first-order valence-corrected chi connectivity index (χ1v) is 8.84. The number of hydrogen-bond acceptors (Lipinski definition) is 8.